The van der Waals surface area contributed by atoms with E-state index in [-0.39, 0.29) is 11.7 Å². The molecule has 7 nitrogen and oxygen atoms in total. The van der Waals surface area contributed by atoms with Crippen LogP contribution in [0.15, 0.2) is 66.7 Å². The molecule has 9 heteroatoms. The number of hydrogen-bond donors (Lipinski definition) is 2. The van der Waals surface area contributed by atoms with Gasteiger partial charge in [0.05, 0.1) is 19.8 Å². The Kier molecular flexibility index (Phi) is 6.17. The number of fused-ring (bicyclic) bond motifs is 4. The van der Waals surface area contributed by atoms with E-state index in [0.29, 0.717) is 40.3 Å². The quantitative estimate of drug-likeness (QED) is 0.454. The maximum atomic E-state index is 13.9. The highest BCUT2D eigenvalue weighted by molar-refractivity contribution is 7.80. The number of ether oxygens (including phenoxy) is 3. The normalized spacial score (nSPS) is 22.1. The number of rotatable bonds is 6. The number of thiocarbonyl (C=S) groups is 1. The van der Waals surface area contributed by atoms with Crippen molar-refractivity contribution >= 4 is 34.6 Å². The van der Waals surface area contributed by atoms with Gasteiger partial charge in [0.2, 0.25) is 5.91 Å². The summed E-state index contributed by atoms with van der Waals surface area (Å²) in [6.07, 6.45) is 0. The number of nitrogens with zero attached hydrogens (tertiary/aromatic N) is 1. The summed E-state index contributed by atoms with van der Waals surface area (Å²) in [6, 6.07) is 18.1. The zero-order chi connectivity index (χ0) is 25.4. The molecule has 0 unspecified atom stereocenters. The summed E-state index contributed by atoms with van der Waals surface area (Å²) in [5.74, 6) is 0.434. The SMILES string of the molecule is CCOc1cccc2c1O[C@@]1(C)[C@@H](C(=O)Nc3ccc(OC)cc3)[C@H]2NC(=S)N1c1ccc(F)cc1. The Balaban J connectivity index is 1.61. The molecular weight excluding hydrogens is 481 g/mol. The topological polar surface area (TPSA) is 72.1 Å². The predicted octanol–water partition coefficient (Wildman–Crippen LogP) is 5.03. The molecule has 0 spiro atoms. The standard InChI is InChI=1S/C27H26FN3O4S/c1-4-34-21-7-5-6-20-23-22(25(32)29-17-10-14-19(33-3)15-11-17)27(2,35-24(20)21)31(26(36)30-23)18-12-8-16(28)9-13-18/h5-15,22-23H,4H2,1-3H3,(H,29,32)(H,30,36)/t22-,23+,27+/m1/s1. The van der Waals surface area contributed by atoms with Crippen molar-refractivity contribution in [3.05, 3.63) is 78.1 Å². The molecule has 5 rings (SSSR count). The Bertz CT molecular complexity index is 1300. The highest BCUT2D eigenvalue weighted by Gasteiger charge is 2.59. The summed E-state index contributed by atoms with van der Waals surface area (Å²) in [5, 5.41) is 6.72. The molecule has 0 saturated carbocycles. The van der Waals surface area contributed by atoms with Crippen molar-refractivity contribution in [3.8, 4) is 17.2 Å². The van der Waals surface area contributed by atoms with Gasteiger partial charge in [0.25, 0.3) is 0 Å². The van der Waals surface area contributed by atoms with E-state index >= 15 is 0 Å². The second kappa shape index (κ2) is 9.31. The molecular formula is C27H26FN3O4S. The number of nitrogens with one attached hydrogen (secondary N) is 2. The number of anilines is 2. The molecule has 1 amide bonds. The minimum absolute atomic E-state index is 0.262. The number of halogens is 1. The number of amides is 1. The van der Waals surface area contributed by atoms with Crippen LogP contribution in [0, 0.1) is 11.7 Å². The van der Waals surface area contributed by atoms with Gasteiger partial charge in [-0.25, -0.2) is 4.39 Å². The van der Waals surface area contributed by atoms with Crippen LogP contribution in [-0.4, -0.2) is 30.5 Å². The maximum absolute atomic E-state index is 13.9. The zero-order valence-corrected chi connectivity index (χ0v) is 20.9. The smallest absolute Gasteiger partial charge is 0.236 e. The van der Waals surface area contributed by atoms with E-state index in [1.165, 1.54) is 12.1 Å². The van der Waals surface area contributed by atoms with Crippen LogP contribution in [-0.2, 0) is 4.79 Å². The van der Waals surface area contributed by atoms with Gasteiger partial charge in [0.1, 0.15) is 17.5 Å². The number of carbonyl (C=O) groups excluding carboxylic acids is 1. The number of benzene rings is 3. The first kappa shape index (κ1) is 23.9. The Morgan fingerprint density at radius 2 is 1.89 bits per heavy atom. The third kappa shape index (κ3) is 3.99. The molecule has 186 valence electrons. The molecule has 2 N–H and O–H groups in total. The Morgan fingerprint density at radius 1 is 1.17 bits per heavy atom. The van der Waals surface area contributed by atoms with Gasteiger partial charge in [-0.15, -0.1) is 0 Å². The molecule has 1 fully saturated rings. The van der Waals surface area contributed by atoms with Gasteiger partial charge in [-0.2, -0.15) is 0 Å². The molecule has 36 heavy (non-hydrogen) atoms. The van der Waals surface area contributed by atoms with E-state index in [1.807, 2.05) is 32.0 Å². The van der Waals surface area contributed by atoms with Gasteiger partial charge >= 0.3 is 0 Å². The fraction of sp³-hybridized carbons (Fsp3) is 0.259. The van der Waals surface area contributed by atoms with Crippen LogP contribution < -0.4 is 29.7 Å². The summed E-state index contributed by atoms with van der Waals surface area (Å²) in [5.41, 5.74) is 0.734. The van der Waals surface area contributed by atoms with Crippen molar-refractivity contribution in [2.45, 2.75) is 25.6 Å². The Hall–Kier alpha value is -3.85. The van der Waals surface area contributed by atoms with Gasteiger partial charge in [0, 0.05) is 16.9 Å². The van der Waals surface area contributed by atoms with E-state index in [9.17, 15) is 9.18 Å². The van der Waals surface area contributed by atoms with Crippen LogP contribution in [0.1, 0.15) is 25.5 Å². The van der Waals surface area contributed by atoms with Crippen LogP contribution in [0.5, 0.6) is 17.2 Å². The average Bonchev–Trinajstić information content (AvgIpc) is 2.86. The minimum atomic E-state index is -1.25. The highest BCUT2D eigenvalue weighted by Crippen LogP contribution is 2.52. The van der Waals surface area contributed by atoms with Gasteiger partial charge in [-0.1, -0.05) is 12.1 Å². The van der Waals surface area contributed by atoms with Crippen molar-refractivity contribution in [2.24, 2.45) is 5.92 Å². The second-order valence-electron chi connectivity index (χ2n) is 8.70. The van der Waals surface area contributed by atoms with Gasteiger partial charge in [0.15, 0.2) is 22.3 Å². The molecule has 2 aliphatic rings. The van der Waals surface area contributed by atoms with Crippen LogP contribution in [0.4, 0.5) is 15.8 Å². The van der Waals surface area contributed by atoms with Crippen molar-refractivity contribution in [3.63, 3.8) is 0 Å². The van der Waals surface area contributed by atoms with Crippen molar-refractivity contribution in [1.29, 1.82) is 0 Å². The summed E-state index contributed by atoms with van der Waals surface area (Å²) in [7, 11) is 1.58. The van der Waals surface area contributed by atoms with Crippen LogP contribution in [0.3, 0.4) is 0 Å². The third-order valence-electron chi connectivity index (χ3n) is 6.51. The second-order valence-corrected chi connectivity index (χ2v) is 9.09. The van der Waals surface area contributed by atoms with Crippen LogP contribution >= 0.6 is 12.2 Å². The largest absolute Gasteiger partial charge is 0.497 e. The number of para-hydroxylation sites is 1. The van der Waals surface area contributed by atoms with Crippen molar-refractivity contribution in [1.82, 2.24) is 5.32 Å². The molecule has 2 heterocycles. The van der Waals surface area contributed by atoms with Gasteiger partial charge in [-0.05, 0) is 80.7 Å². The van der Waals surface area contributed by atoms with Crippen molar-refractivity contribution < 1.29 is 23.4 Å². The fourth-order valence-electron chi connectivity index (χ4n) is 4.91. The van der Waals surface area contributed by atoms with E-state index in [4.69, 9.17) is 26.4 Å². The summed E-state index contributed by atoms with van der Waals surface area (Å²) >= 11 is 5.74. The zero-order valence-electron chi connectivity index (χ0n) is 20.1. The van der Waals surface area contributed by atoms with E-state index in [2.05, 4.69) is 10.6 Å². The fourth-order valence-corrected chi connectivity index (χ4v) is 5.33. The lowest BCUT2D eigenvalue weighted by Gasteiger charge is -2.56. The summed E-state index contributed by atoms with van der Waals surface area (Å²) in [6.45, 7) is 4.17. The molecule has 0 radical (unpaired) electrons. The van der Waals surface area contributed by atoms with Crippen LogP contribution in [0.25, 0.3) is 0 Å². The number of methoxy groups -OCH3 is 1. The summed E-state index contributed by atoms with van der Waals surface area (Å²) < 4.78 is 31.5. The summed E-state index contributed by atoms with van der Waals surface area (Å²) in [4.78, 5) is 15.6. The minimum Gasteiger partial charge on any atom is -0.497 e. The lowest BCUT2D eigenvalue weighted by atomic mass is 9.78. The number of hydrogen-bond acceptors (Lipinski definition) is 5. The molecule has 1 saturated heterocycles. The van der Waals surface area contributed by atoms with E-state index in [0.717, 1.165) is 5.56 Å². The highest BCUT2D eigenvalue weighted by atomic mass is 32.1. The average molecular weight is 508 g/mol. The van der Waals surface area contributed by atoms with Gasteiger partial charge < -0.3 is 24.8 Å². The lowest BCUT2D eigenvalue weighted by Crippen LogP contribution is -2.72. The molecule has 2 aliphatic heterocycles. The first-order valence-corrected chi connectivity index (χ1v) is 12.0. The first-order chi connectivity index (χ1) is 17.4. The molecule has 0 aromatic heterocycles. The first-order valence-electron chi connectivity index (χ1n) is 11.6. The molecule has 0 aliphatic carbocycles. The third-order valence-corrected chi connectivity index (χ3v) is 6.81. The maximum Gasteiger partial charge on any atom is 0.236 e. The Labute approximate surface area is 214 Å². The van der Waals surface area contributed by atoms with E-state index in [1.54, 1.807) is 48.4 Å². The van der Waals surface area contributed by atoms with Crippen LogP contribution in [0.2, 0.25) is 0 Å². The Morgan fingerprint density at radius 3 is 2.56 bits per heavy atom. The molecule has 3 aromatic carbocycles. The van der Waals surface area contributed by atoms with Crippen molar-refractivity contribution in [2.75, 3.05) is 23.9 Å². The molecule has 3 atom stereocenters. The molecule has 2 bridgehead atoms. The lowest BCUT2D eigenvalue weighted by molar-refractivity contribution is -0.130. The predicted molar refractivity (Wildman–Crippen MR) is 139 cm³/mol. The molecule has 3 aromatic rings. The van der Waals surface area contributed by atoms with Gasteiger partial charge in [-0.3, -0.25) is 9.69 Å². The number of carbonyl (C=O) groups is 1. The van der Waals surface area contributed by atoms with E-state index < -0.39 is 17.7 Å². The monoisotopic (exact) mass is 507 g/mol.